The van der Waals surface area contributed by atoms with Gasteiger partial charge in [0.2, 0.25) is 0 Å². The number of allylic oxidation sites excluding steroid dienone is 1. The lowest BCUT2D eigenvalue weighted by molar-refractivity contribution is -0.128. The molecule has 1 atom stereocenters. The number of aromatic nitrogens is 4. The minimum atomic E-state index is -0.581. The van der Waals surface area contributed by atoms with Gasteiger partial charge in [-0.1, -0.05) is 13.8 Å². The van der Waals surface area contributed by atoms with Gasteiger partial charge in [-0.2, -0.15) is 5.10 Å². The average molecular weight is 383 g/mol. The number of amides is 3. The quantitative estimate of drug-likeness (QED) is 0.646. The Bertz CT molecular complexity index is 969. The molecule has 2 aliphatic rings. The average Bonchev–Trinajstić information content (AvgIpc) is 3.25. The first-order valence-electron chi connectivity index (χ1n) is 9.50. The van der Waals surface area contributed by atoms with Crippen LogP contribution in [0.4, 0.5) is 4.79 Å². The van der Waals surface area contributed by atoms with Gasteiger partial charge in [0, 0.05) is 42.2 Å². The molecule has 2 aliphatic heterocycles. The van der Waals surface area contributed by atoms with Gasteiger partial charge in [-0.15, -0.1) is 0 Å². The predicted molar refractivity (Wildman–Crippen MR) is 102 cm³/mol. The number of hydrogen-bond donors (Lipinski definition) is 4. The lowest BCUT2D eigenvalue weighted by Gasteiger charge is -2.33. The minimum absolute atomic E-state index is 0.0982. The molecule has 0 aromatic carbocycles. The zero-order valence-corrected chi connectivity index (χ0v) is 16.5. The van der Waals surface area contributed by atoms with Gasteiger partial charge in [-0.05, 0) is 19.8 Å². The summed E-state index contributed by atoms with van der Waals surface area (Å²) in [5, 5.41) is 13.1. The van der Waals surface area contributed by atoms with Crippen LogP contribution in [0.1, 0.15) is 61.1 Å². The largest absolute Gasteiger partial charge is 0.348 e. The maximum Gasteiger partial charge on any atom is 0.319 e. The molecule has 4 heterocycles. The van der Waals surface area contributed by atoms with Crippen LogP contribution < -0.4 is 10.6 Å². The molecule has 0 aliphatic carbocycles. The Labute approximate surface area is 163 Å². The lowest BCUT2D eigenvalue weighted by atomic mass is 9.95. The summed E-state index contributed by atoms with van der Waals surface area (Å²) < 4.78 is 0. The van der Waals surface area contributed by atoms with Crippen molar-refractivity contribution in [1.29, 1.82) is 0 Å². The molecule has 0 saturated heterocycles. The van der Waals surface area contributed by atoms with E-state index < -0.39 is 6.04 Å². The Balaban J connectivity index is 1.67. The highest BCUT2D eigenvalue weighted by atomic mass is 16.2. The van der Waals surface area contributed by atoms with Gasteiger partial charge in [0.25, 0.3) is 5.91 Å². The third-order valence-electron chi connectivity index (χ3n) is 5.44. The molecule has 4 rings (SSSR count). The van der Waals surface area contributed by atoms with E-state index in [0.29, 0.717) is 30.1 Å². The second-order valence-electron chi connectivity index (χ2n) is 7.68. The molecule has 0 saturated carbocycles. The molecular formula is C19H25N7O2. The van der Waals surface area contributed by atoms with Gasteiger partial charge < -0.3 is 20.5 Å². The first-order chi connectivity index (χ1) is 13.4. The molecule has 0 radical (unpaired) electrons. The van der Waals surface area contributed by atoms with Crippen molar-refractivity contribution in [1.82, 2.24) is 35.7 Å². The van der Waals surface area contributed by atoms with E-state index in [-0.39, 0.29) is 17.9 Å². The number of aryl methyl sites for hydroxylation is 1. The Morgan fingerprint density at radius 1 is 1.32 bits per heavy atom. The van der Waals surface area contributed by atoms with E-state index in [1.165, 1.54) is 0 Å². The van der Waals surface area contributed by atoms with Crippen LogP contribution in [-0.2, 0) is 17.8 Å². The van der Waals surface area contributed by atoms with Gasteiger partial charge in [-0.3, -0.25) is 9.89 Å². The van der Waals surface area contributed by atoms with Crippen molar-refractivity contribution in [2.75, 3.05) is 6.54 Å². The van der Waals surface area contributed by atoms with E-state index in [2.05, 4.69) is 44.6 Å². The van der Waals surface area contributed by atoms with E-state index >= 15 is 0 Å². The van der Waals surface area contributed by atoms with Gasteiger partial charge >= 0.3 is 6.03 Å². The van der Waals surface area contributed by atoms with Crippen molar-refractivity contribution in [3.8, 4) is 0 Å². The summed E-state index contributed by atoms with van der Waals surface area (Å²) in [5.41, 5.74) is 5.77. The minimum Gasteiger partial charge on any atom is -0.348 e. The smallest absolute Gasteiger partial charge is 0.319 e. The Hall–Kier alpha value is -3.10. The number of nitrogens with zero attached hydrogens (tertiary/aromatic N) is 3. The SMILES string of the molecule is CC1=C(C(=O)N2CCc3[nH]nc(C(C)C)c3C2)[C@H](c2nc[nH]c2C)NC(=O)N1. The molecule has 148 valence electrons. The zero-order valence-electron chi connectivity index (χ0n) is 16.5. The van der Waals surface area contributed by atoms with Crippen LogP contribution in [0.15, 0.2) is 17.6 Å². The maximum atomic E-state index is 13.5. The second-order valence-corrected chi connectivity index (χ2v) is 7.68. The lowest BCUT2D eigenvalue weighted by Crippen LogP contribution is -2.48. The molecule has 0 spiro atoms. The topological polar surface area (TPSA) is 119 Å². The summed E-state index contributed by atoms with van der Waals surface area (Å²) in [6.07, 6.45) is 2.31. The number of nitrogens with one attached hydrogen (secondary N) is 4. The predicted octanol–water partition coefficient (Wildman–Crippen LogP) is 1.78. The third-order valence-corrected chi connectivity index (χ3v) is 5.44. The number of imidazole rings is 1. The number of carbonyl (C=O) groups excluding carboxylic acids is 2. The number of carbonyl (C=O) groups is 2. The first kappa shape index (κ1) is 18.3. The fraction of sp³-hybridized carbons (Fsp3) is 0.474. The standard InChI is InChI=1S/C19H25N7O2/c1-9(2)15-12-7-26(6-5-13(12)24-25-15)18(27)14-10(3)22-19(28)23-17(14)16-11(4)20-8-21-16/h8-9,17H,5-7H2,1-4H3,(H,20,21)(H,24,25)(H2,22,23,28)/t17-/m1/s1. The van der Waals surface area contributed by atoms with Crippen LogP contribution >= 0.6 is 0 Å². The molecule has 28 heavy (non-hydrogen) atoms. The van der Waals surface area contributed by atoms with Gasteiger partial charge in [0.15, 0.2) is 0 Å². The molecule has 3 amide bonds. The fourth-order valence-corrected chi connectivity index (χ4v) is 3.98. The van der Waals surface area contributed by atoms with Crippen LogP contribution in [0, 0.1) is 6.92 Å². The summed E-state index contributed by atoms with van der Waals surface area (Å²) in [6.45, 7) is 8.94. The molecule has 0 bridgehead atoms. The number of aromatic amines is 2. The van der Waals surface area contributed by atoms with Crippen molar-refractivity contribution in [3.05, 3.63) is 45.9 Å². The highest BCUT2D eigenvalue weighted by molar-refractivity contribution is 5.98. The molecule has 0 unspecified atom stereocenters. The molecular weight excluding hydrogens is 358 g/mol. The van der Waals surface area contributed by atoms with Crippen LogP contribution in [-0.4, -0.2) is 43.5 Å². The fourth-order valence-electron chi connectivity index (χ4n) is 3.98. The van der Waals surface area contributed by atoms with Crippen LogP contribution in [0.3, 0.4) is 0 Å². The molecule has 0 fully saturated rings. The summed E-state index contributed by atoms with van der Waals surface area (Å²) >= 11 is 0. The van der Waals surface area contributed by atoms with E-state index in [4.69, 9.17) is 0 Å². The number of rotatable bonds is 3. The Morgan fingerprint density at radius 3 is 2.79 bits per heavy atom. The summed E-state index contributed by atoms with van der Waals surface area (Å²) in [6, 6.07) is -0.915. The van der Waals surface area contributed by atoms with Gasteiger partial charge in [-0.25, -0.2) is 9.78 Å². The molecule has 2 aromatic heterocycles. The first-order valence-corrected chi connectivity index (χ1v) is 9.50. The summed E-state index contributed by atoms with van der Waals surface area (Å²) in [7, 11) is 0. The molecule has 9 nitrogen and oxygen atoms in total. The Kier molecular flexibility index (Phi) is 4.44. The number of urea groups is 1. The third kappa shape index (κ3) is 2.96. The summed E-state index contributed by atoms with van der Waals surface area (Å²) in [4.78, 5) is 34.7. The van der Waals surface area contributed by atoms with Gasteiger partial charge in [0.05, 0.1) is 23.3 Å². The Morgan fingerprint density at radius 2 is 2.11 bits per heavy atom. The molecule has 4 N–H and O–H groups in total. The van der Waals surface area contributed by atoms with Crippen molar-refractivity contribution in [2.45, 2.75) is 52.6 Å². The van der Waals surface area contributed by atoms with E-state index in [0.717, 1.165) is 29.1 Å². The van der Waals surface area contributed by atoms with Crippen LogP contribution in [0.2, 0.25) is 0 Å². The summed E-state index contributed by atoms with van der Waals surface area (Å²) in [5.74, 6) is 0.185. The van der Waals surface area contributed by atoms with Crippen molar-refractivity contribution >= 4 is 11.9 Å². The number of fused-ring (bicyclic) bond motifs is 1. The van der Waals surface area contributed by atoms with E-state index in [9.17, 15) is 9.59 Å². The molecule has 2 aromatic rings. The van der Waals surface area contributed by atoms with Crippen molar-refractivity contribution in [3.63, 3.8) is 0 Å². The van der Waals surface area contributed by atoms with Crippen molar-refractivity contribution in [2.24, 2.45) is 0 Å². The monoisotopic (exact) mass is 383 g/mol. The van der Waals surface area contributed by atoms with E-state index in [1.54, 1.807) is 13.3 Å². The number of hydrogen-bond acceptors (Lipinski definition) is 4. The van der Waals surface area contributed by atoms with Crippen LogP contribution in [0.5, 0.6) is 0 Å². The maximum absolute atomic E-state index is 13.5. The highest BCUT2D eigenvalue weighted by Crippen LogP contribution is 2.31. The second kappa shape index (κ2) is 6.81. The van der Waals surface area contributed by atoms with Crippen LogP contribution in [0.25, 0.3) is 0 Å². The zero-order chi connectivity index (χ0) is 20.0. The normalized spacial score (nSPS) is 19.5. The van der Waals surface area contributed by atoms with Gasteiger partial charge in [0.1, 0.15) is 6.04 Å². The van der Waals surface area contributed by atoms with Crippen molar-refractivity contribution < 1.29 is 9.59 Å². The highest BCUT2D eigenvalue weighted by Gasteiger charge is 2.37. The number of H-pyrrole nitrogens is 2. The molecule has 9 heteroatoms. The van der Waals surface area contributed by atoms with E-state index in [1.807, 2.05) is 11.8 Å².